The van der Waals surface area contributed by atoms with Gasteiger partial charge in [0.05, 0.1) is 0 Å². The lowest BCUT2D eigenvalue weighted by Gasteiger charge is -2.19. The average molecular weight is 277 g/mol. The minimum Gasteiger partial charge on any atom is -0.396 e. The van der Waals surface area contributed by atoms with E-state index in [0.29, 0.717) is 19.5 Å². The standard InChI is InChI=1S/C10H14F3N5O/c11-10(12,13)7-3-8(16-9(15-7)17-14)18-2-1-6(4-18)5-19/h3,6,19H,1-2,4-5,14H2,(H,15,16,17). The third-order valence-corrected chi connectivity index (χ3v) is 3.00. The Balaban J connectivity index is 2.30. The fraction of sp³-hybridized carbons (Fsp3) is 0.600. The van der Waals surface area contributed by atoms with Gasteiger partial charge in [-0.25, -0.2) is 10.8 Å². The van der Waals surface area contributed by atoms with E-state index in [9.17, 15) is 13.2 Å². The summed E-state index contributed by atoms with van der Waals surface area (Å²) in [7, 11) is 0. The molecule has 2 rings (SSSR count). The van der Waals surface area contributed by atoms with Crippen LogP contribution in [0.25, 0.3) is 0 Å². The number of hydrazine groups is 1. The van der Waals surface area contributed by atoms with Crippen LogP contribution in [-0.2, 0) is 6.18 Å². The molecular formula is C10H14F3N5O. The molecular weight excluding hydrogens is 263 g/mol. The van der Waals surface area contributed by atoms with E-state index in [2.05, 4.69) is 9.97 Å². The predicted molar refractivity (Wildman–Crippen MR) is 62.2 cm³/mol. The highest BCUT2D eigenvalue weighted by Gasteiger charge is 2.35. The topological polar surface area (TPSA) is 87.3 Å². The Morgan fingerprint density at radius 2 is 2.21 bits per heavy atom. The van der Waals surface area contributed by atoms with Crippen LogP contribution in [0, 0.1) is 5.92 Å². The maximum absolute atomic E-state index is 12.7. The molecule has 1 aromatic heterocycles. The number of nitrogen functional groups attached to an aromatic ring is 1. The van der Waals surface area contributed by atoms with Crippen LogP contribution in [0.2, 0.25) is 0 Å². The highest BCUT2D eigenvalue weighted by atomic mass is 19.4. The Labute approximate surface area is 107 Å². The van der Waals surface area contributed by atoms with E-state index in [1.807, 2.05) is 5.43 Å². The predicted octanol–water partition coefficient (Wildman–Crippen LogP) is 0.600. The van der Waals surface area contributed by atoms with Gasteiger partial charge in [-0.2, -0.15) is 18.2 Å². The molecule has 1 saturated heterocycles. The van der Waals surface area contributed by atoms with E-state index in [0.717, 1.165) is 6.07 Å². The van der Waals surface area contributed by atoms with Crippen LogP contribution in [0.3, 0.4) is 0 Å². The molecule has 0 saturated carbocycles. The monoisotopic (exact) mass is 277 g/mol. The summed E-state index contributed by atoms with van der Waals surface area (Å²) in [5.41, 5.74) is 0.987. The fourth-order valence-corrected chi connectivity index (χ4v) is 2.00. The van der Waals surface area contributed by atoms with Crippen LogP contribution in [0.15, 0.2) is 6.07 Å². The van der Waals surface area contributed by atoms with Crippen LogP contribution in [0.4, 0.5) is 24.9 Å². The third kappa shape index (κ3) is 3.04. The Morgan fingerprint density at radius 1 is 1.47 bits per heavy atom. The molecule has 1 unspecified atom stereocenters. The van der Waals surface area contributed by atoms with Crippen molar-refractivity contribution in [2.24, 2.45) is 11.8 Å². The zero-order chi connectivity index (χ0) is 14.0. The second-order valence-corrected chi connectivity index (χ2v) is 4.36. The maximum Gasteiger partial charge on any atom is 0.433 e. The largest absolute Gasteiger partial charge is 0.433 e. The Hall–Kier alpha value is -1.61. The van der Waals surface area contributed by atoms with Gasteiger partial charge in [0.2, 0.25) is 5.95 Å². The molecule has 1 atom stereocenters. The third-order valence-electron chi connectivity index (χ3n) is 3.00. The molecule has 1 aliphatic heterocycles. The fourth-order valence-electron chi connectivity index (χ4n) is 2.00. The first-order valence-corrected chi connectivity index (χ1v) is 5.72. The van der Waals surface area contributed by atoms with Crippen molar-refractivity contribution in [2.75, 3.05) is 30.0 Å². The molecule has 0 spiro atoms. The van der Waals surface area contributed by atoms with Gasteiger partial charge < -0.3 is 10.0 Å². The summed E-state index contributed by atoms with van der Waals surface area (Å²) in [6.07, 6.45) is -3.84. The zero-order valence-corrected chi connectivity index (χ0v) is 9.98. The Kier molecular flexibility index (Phi) is 3.76. The van der Waals surface area contributed by atoms with Crippen molar-refractivity contribution in [3.8, 4) is 0 Å². The van der Waals surface area contributed by atoms with Crippen molar-refractivity contribution >= 4 is 11.8 Å². The van der Waals surface area contributed by atoms with Gasteiger partial charge in [0.15, 0.2) is 5.69 Å². The van der Waals surface area contributed by atoms with Gasteiger partial charge in [-0.05, 0) is 6.42 Å². The molecule has 6 nitrogen and oxygen atoms in total. The van der Waals surface area contributed by atoms with Gasteiger partial charge in [-0.15, -0.1) is 0 Å². The maximum atomic E-state index is 12.7. The molecule has 9 heteroatoms. The second kappa shape index (κ2) is 5.17. The summed E-state index contributed by atoms with van der Waals surface area (Å²) in [5.74, 6) is 5.01. The first kappa shape index (κ1) is 13.8. The SMILES string of the molecule is NNc1nc(N2CCC(CO)C2)cc(C(F)(F)F)n1. The van der Waals surface area contributed by atoms with Gasteiger partial charge in [0.1, 0.15) is 5.82 Å². The summed E-state index contributed by atoms with van der Waals surface area (Å²) in [4.78, 5) is 8.88. The summed E-state index contributed by atoms with van der Waals surface area (Å²) in [6.45, 7) is 1.02. The Morgan fingerprint density at radius 3 is 2.74 bits per heavy atom. The number of alkyl halides is 3. The molecule has 0 radical (unpaired) electrons. The van der Waals surface area contributed by atoms with Crippen molar-refractivity contribution in [2.45, 2.75) is 12.6 Å². The van der Waals surface area contributed by atoms with Crippen molar-refractivity contribution in [3.05, 3.63) is 11.8 Å². The Bertz CT molecular complexity index is 453. The number of anilines is 2. The normalized spacial score (nSPS) is 19.8. The van der Waals surface area contributed by atoms with Crippen LogP contribution in [0.1, 0.15) is 12.1 Å². The number of nitrogens with one attached hydrogen (secondary N) is 1. The van der Waals surface area contributed by atoms with Crippen LogP contribution in [-0.4, -0.2) is 34.8 Å². The van der Waals surface area contributed by atoms with Gasteiger partial charge in [-0.3, -0.25) is 5.43 Å². The van der Waals surface area contributed by atoms with Crippen molar-refractivity contribution in [1.29, 1.82) is 0 Å². The number of hydrogen-bond donors (Lipinski definition) is 3. The molecule has 0 aromatic carbocycles. The van der Waals surface area contributed by atoms with E-state index in [1.165, 1.54) is 0 Å². The minimum absolute atomic E-state index is 0.00963. The summed E-state index contributed by atoms with van der Waals surface area (Å²) in [5, 5.41) is 9.04. The highest BCUT2D eigenvalue weighted by Crippen LogP contribution is 2.31. The first-order chi connectivity index (χ1) is 8.94. The number of aromatic nitrogens is 2. The molecule has 1 aliphatic rings. The quantitative estimate of drug-likeness (QED) is 0.554. The number of hydrogen-bond acceptors (Lipinski definition) is 6. The summed E-state index contributed by atoms with van der Waals surface area (Å²) >= 11 is 0. The van der Waals surface area contributed by atoms with E-state index in [4.69, 9.17) is 10.9 Å². The first-order valence-electron chi connectivity index (χ1n) is 5.72. The van der Waals surface area contributed by atoms with Crippen LogP contribution >= 0.6 is 0 Å². The van der Waals surface area contributed by atoms with Gasteiger partial charge in [-0.1, -0.05) is 0 Å². The molecule has 0 aliphatic carbocycles. The number of aliphatic hydroxyl groups excluding tert-OH is 1. The smallest absolute Gasteiger partial charge is 0.396 e. The molecule has 0 amide bonds. The van der Waals surface area contributed by atoms with E-state index in [-0.39, 0.29) is 24.3 Å². The molecule has 19 heavy (non-hydrogen) atoms. The molecule has 1 aromatic rings. The summed E-state index contributed by atoms with van der Waals surface area (Å²) < 4.78 is 38.1. The number of aliphatic hydroxyl groups is 1. The van der Waals surface area contributed by atoms with Crippen LogP contribution in [0.5, 0.6) is 0 Å². The molecule has 0 bridgehead atoms. The lowest BCUT2D eigenvalue weighted by atomic mass is 10.1. The van der Waals surface area contributed by atoms with Gasteiger partial charge in [0, 0.05) is 31.7 Å². The van der Waals surface area contributed by atoms with Crippen molar-refractivity contribution < 1.29 is 18.3 Å². The van der Waals surface area contributed by atoms with E-state index in [1.54, 1.807) is 4.90 Å². The number of nitrogens with zero attached hydrogens (tertiary/aromatic N) is 3. The average Bonchev–Trinajstić information content (AvgIpc) is 2.86. The number of nitrogens with two attached hydrogens (primary N) is 1. The minimum atomic E-state index is -4.56. The lowest BCUT2D eigenvalue weighted by Crippen LogP contribution is -2.24. The van der Waals surface area contributed by atoms with E-state index < -0.39 is 11.9 Å². The van der Waals surface area contributed by atoms with Gasteiger partial charge >= 0.3 is 6.18 Å². The lowest BCUT2D eigenvalue weighted by molar-refractivity contribution is -0.141. The van der Waals surface area contributed by atoms with Crippen LogP contribution < -0.4 is 16.2 Å². The van der Waals surface area contributed by atoms with Crippen molar-refractivity contribution in [1.82, 2.24) is 9.97 Å². The second-order valence-electron chi connectivity index (χ2n) is 4.36. The van der Waals surface area contributed by atoms with Crippen molar-refractivity contribution in [3.63, 3.8) is 0 Å². The number of rotatable bonds is 3. The molecule has 1 fully saturated rings. The number of halogens is 3. The molecule has 2 heterocycles. The zero-order valence-electron chi connectivity index (χ0n) is 9.98. The van der Waals surface area contributed by atoms with E-state index >= 15 is 0 Å². The summed E-state index contributed by atoms with van der Waals surface area (Å²) in [6, 6.07) is 0.889. The highest BCUT2D eigenvalue weighted by molar-refractivity contribution is 5.46. The molecule has 106 valence electrons. The molecule has 4 N–H and O–H groups in total. The van der Waals surface area contributed by atoms with Gasteiger partial charge in [0.25, 0.3) is 0 Å².